The Morgan fingerprint density at radius 2 is 2.00 bits per heavy atom. The van der Waals surface area contributed by atoms with Gasteiger partial charge in [0, 0.05) is 44.5 Å². The first-order valence-electron chi connectivity index (χ1n) is 7.13. The molecule has 3 heterocycles. The smallest absolute Gasteiger partial charge is 0.316 e. The lowest BCUT2D eigenvalue weighted by Gasteiger charge is -2.26. The minimum absolute atomic E-state index is 0.00110. The molecule has 2 fully saturated rings. The number of amides is 1. The molecule has 1 aromatic heterocycles. The van der Waals surface area contributed by atoms with Crippen LogP contribution < -0.4 is 4.74 Å². The van der Waals surface area contributed by atoms with Crippen LogP contribution in [0.15, 0.2) is 18.5 Å². The summed E-state index contributed by atoms with van der Waals surface area (Å²) in [6, 6.07) is 2.14. The number of rotatable bonds is 3. The van der Waals surface area contributed by atoms with Gasteiger partial charge in [-0.15, -0.1) is 0 Å². The lowest BCUT2D eigenvalue weighted by atomic mass is 9.99. The van der Waals surface area contributed by atoms with Gasteiger partial charge in [0.05, 0.1) is 6.54 Å². The van der Waals surface area contributed by atoms with E-state index in [1.54, 1.807) is 18.5 Å². The molecule has 2 aliphatic rings. The average Bonchev–Trinajstić information content (AvgIpc) is 2.97. The second-order valence-corrected chi connectivity index (χ2v) is 5.23. The molecule has 0 spiro atoms. The first-order chi connectivity index (χ1) is 9.83. The Bertz CT molecular complexity index is 448. The topological polar surface area (TPSA) is 64.5 Å². The first kappa shape index (κ1) is 13.3. The van der Waals surface area contributed by atoms with Crippen molar-refractivity contribution in [2.75, 3.05) is 26.3 Å². The monoisotopic (exact) mass is 277 g/mol. The molecule has 2 saturated heterocycles. The van der Waals surface area contributed by atoms with Crippen LogP contribution in [0.1, 0.15) is 19.3 Å². The molecule has 108 valence electrons. The summed E-state index contributed by atoms with van der Waals surface area (Å²) < 4.78 is 11.0. The van der Waals surface area contributed by atoms with Crippen molar-refractivity contribution in [3.8, 4) is 6.01 Å². The van der Waals surface area contributed by atoms with Gasteiger partial charge in [0.1, 0.15) is 6.10 Å². The zero-order chi connectivity index (χ0) is 13.8. The minimum Gasteiger partial charge on any atom is -0.458 e. The Kier molecular flexibility index (Phi) is 4.11. The predicted octanol–water partition coefficient (Wildman–Crippen LogP) is 0.883. The maximum absolute atomic E-state index is 12.4. The summed E-state index contributed by atoms with van der Waals surface area (Å²) in [4.78, 5) is 22.4. The highest BCUT2D eigenvalue weighted by atomic mass is 16.5. The molecule has 0 saturated carbocycles. The van der Waals surface area contributed by atoms with E-state index in [-0.39, 0.29) is 17.9 Å². The van der Waals surface area contributed by atoms with Crippen molar-refractivity contribution in [1.82, 2.24) is 14.9 Å². The van der Waals surface area contributed by atoms with Gasteiger partial charge in [0.25, 0.3) is 0 Å². The van der Waals surface area contributed by atoms with Crippen molar-refractivity contribution in [1.29, 1.82) is 0 Å². The van der Waals surface area contributed by atoms with E-state index in [9.17, 15) is 4.79 Å². The van der Waals surface area contributed by atoms with E-state index in [1.165, 1.54) is 0 Å². The summed E-state index contributed by atoms with van der Waals surface area (Å²) in [5.74, 6) is 0.365. The maximum Gasteiger partial charge on any atom is 0.316 e. The van der Waals surface area contributed by atoms with Gasteiger partial charge in [0.15, 0.2) is 0 Å². The van der Waals surface area contributed by atoms with Crippen molar-refractivity contribution < 1.29 is 14.3 Å². The van der Waals surface area contributed by atoms with Crippen LogP contribution in [-0.4, -0.2) is 53.2 Å². The summed E-state index contributed by atoms with van der Waals surface area (Å²) in [6.07, 6.45) is 5.82. The largest absolute Gasteiger partial charge is 0.458 e. The number of likely N-dealkylation sites (tertiary alicyclic amines) is 1. The Morgan fingerprint density at radius 3 is 2.75 bits per heavy atom. The van der Waals surface area contributed by atoms with Crippen molar-refractivity contribution in [2.45, 2.75) is 25.4 Å². The molecule has 6 heteroatoms. The van der Waals surface area contributed by atoms with Crippen molar-refractivity contribution in [3.05, 3.63) is 18.5 Å². The number of nitrogens with zero attached hydrogens (tertiary/aromatic N) is 3. The minimum atomic E-state index is 0.00110. The lowest BCUT2D eigenvalue weighted by molar-refractivity contribution is -0.137. The average molecular weight is 277 g/mol. The third-order valence-electron chi connectivity index (χ3n) is 3.84. The van der Waals surface area contributed by atoms with Crippen LogP contribution in [0.4, 0.5) is 0 Å². The summed E-state index contributed by atoms with van der Waals surface area (Å²) in [6.45, 7) is 2.78. The molecule has 0 unspecified atom stereocenters. The van der Waals surface area contributed by atoms with E-state index in [0.29, 0.717) is 25.8 Å². The molecular formula is C14H19N3O3. The Balaban J connectivity index is 1.52. The zero-order valence-electron chi connectivity index (χ0n) is 11.4. The molecule has 6 nitrogen and oxygen atoms in total. The zero-order valence-corrected chi connectivity index (χ0v) is 11.4. The number of hydrogen-bond acceptors (Lipinski definition) is 5. The highest BCUT2D eigenvalue weighted by molar-refractivity contribution is 5.79. The Hall–Kier alpha value is -1.69. The molecule has 3 rings (SSSR count). The van der Waals surface area contributed by atoms with Crippen LogP contribution >= 0.6 is 0 Å². The van der Waals surface area contributed by atoms with Crippen molar-refractivity contribution >= 4 is 5.91 Å². The van der Waals surface area contributed by atoms with Crippen LogP contribution in [0.2, 0.25) is 0 Å². The van der Waals surface area contributed by atoms with E-state index in [0.717, 1.165) is 25.8 Å². The summed E-state index contributed by atoms with van der Waals surface area (Å²) in [7, 11) is 0. The maximum atomic E-state index is 12.4. The van der Waals surface area contributed by atoms with E-state index in [4.69, 9.17) is 9.47 Å². The number of carbonyl (C=O) groups is 1. The number of hydrogen-bond donors (Lipinski definition) is 0. The Morgan fingerprint density at radius 1 is 1.25 bits per heavy atom. The SMILES string of the molecule is O=C(C1CCOCC1)N1CC[C@H](Oc2ncccn2)C1. The molecule has 0 radical (unpaired) electrons. The van der Waals surface area contributed by atoms with Gasteiger partial charge in [-0.25, -0.2) is 9.97 Å². The number of carbonyl (C=O) groups excluding carboxylic acids is 1. The molecule has 20 heavy (non-hydrogen) atoms. The molecule has 0 aromatic carbocycles. The normalized spacial score (nSPS) is 23.8. The van der Waals surface area contributed by atoms with Gasteiger partial charge >= 0.3 is 6.01 Å². The first-order valence-corrected chi connectivity index (χ1v) is 7.13. The highest BCUT2D eigenvalue weighted by Crippen LogP contribution is 2.22. The fourth-order valence-electron chi connectivity index (χ4n) is 2.72. The summed E-state index contributed by atoms with van der Waals surface area (Å²) in [5.41, 5.74) is 0. The van der Waals surface area contributed by atoms with Gasteiger partial charge in [-0.2, -0.15) is 0 Å². The molecule has 0 bridgehead atoms. The molecular weight excluding hydrogens is 258 g/mol. The van der Waals surface area contributed by atoms with Crippen molar-refractivity contribution in [2.24, 2.45) is 5.92 Å². The lowest BCUT2D eigenvalue weighted by Crippen LogP contribution is -2.38. The van der Waals surface area contributed by atoms with E-state index in [2.05, 4.69) is 9.97 Å². The second-order valence-electron chi connectivity index (χ2n) is 5.23. The predicted molar refractivity (Wildman–Crippen MR) is 71.2 cm³/mol. The van der Waals surface area contributed by atoms with Gasteiger partial charge < -0.3 is 14.4 Å². The number of ether oxygens (including phenoxy) is 2. The van der Waals surface area contributed by atoms with Crippen LogP contribution in [-0.2, 0) is 9.53 Å². The molecule has 1 aromatic rings. The fourth-order valence-corrected chi connectivity index (χ4v) is 2.72. The quantitative estimate of drug-likeness (QED) is 0.820. The van der Waals surface area contributed by atoms with E-state index < -0.39 is 0 Å². The number of aromatic nitrogens is 2. The van der Waals surface area contributed by atoms with Gasteiger partial charge in [0.2, 0.25) is 5.91 Å². The molecule has 0 aliphatic carbocycles. The fraction of sp³-hybridized carbons (Fsp3) is 0.643. The van der Waals surface area contributed by atoms with Crippen LogP contribution in [0, 0.1) is 5.92 Å². The standard InChI is InChI=1S/C14H19N3O3/c18-13(11-3-8-19-9-4-11)17-7-2-12(10-17)20-14-15-5-1-6-16-14/h1,5-6,11-12H,2-4,7-10H2/t12-/m0/s1. The highest BCUT2D eigenvalue weighted by Gasteiger charge is 2.32. The molecule has 1 amide bonds. The van der Waals surface area contributed by atoms with Crippen LogP contribution in [0.25, 0.3) is 0 Å². The third-order valence-corrected chi connectivity index (χ3v) is 3.84. The van der Waals surface area contributed by atoms with Crippen molar-refractivity contribution in [3.63, 3.8) is 0 Å². The van der Waals surface area contributed by atoms with Crippen LogP contribution in [0.3, 0.4) is 0 Å². The molecule has 0 N–H and O–H groups in total. The summed E-state index contributed by atoms with van der Waals surface area (Å²) in [5, 5.41) is 0. The summed E-state index contributed by atoms with van der Waals surface area (Å²) >= 11 is 0. The third kappa shape index (κ3) is 3.07. The molecule has 1 atom stereocenters. The molecule has 2 aliphatic heterocycles. The van der Waals surface area contributed by atoms with E-state index in [1.807, 2.05) is 4.90 Å². The van der Waals surface area contributed by atoms with Gasteiger partial charge in [-0.3, -0.25) is 4.79 Å². The van der Waals surface area contributed by atoms with Gasteiger partial charge in [-0.1, -0.05) is 0 Å². The van der Waals surface area contributed by atoms with Gasteiger partial charge in [-0.05, 0) is 18.9 Å². The van der Waals surface area contributed by atoms with E-state index >= 15 is 0 Å². The second kappa shape index (κ2) is 6.17. The Labute approximate surface area is 118 Å². The van der Waals surface area contributed by atoms with Crippen LogP contribution in [0.5, 0.6) is 6.01 Å².